The lowest BCUT2D eigenvalue weighted by Gasteiger charge is -2.23. The maximum absolute atomic E-state index is 13.7. The molecule has 59 heavy (non-hydrogen) atoms. The highest BCUT2D eigenvalue weighted by Gasteiger charge is 2.29. The Morgan fingerprint density at radius 2 is 1.20 bits per heavy atom. The number of aromatic hydroxyl groups is 1. The van der Waals surface area contributed by atoms with Crippen LogP contribution in [-0.4, -0.2) is 113 Å². The number of nitrogens with one attached hydrogen (secondary N) is 6. The molecular weight excluding hydrogens is 783 g/mol. The third kappa shape index (κ3) is 17.6. The maximum Gasteiger partial charge on any atom is 0.326 e. The van der Waals surface area contributed by atoms with E-state index in [9.17, 15) is 43.8 Å². The van der Waals surface area contributed by atoms with Crippen LogP contribution in [0, 0.1) is 0 Å². The highest BCUT2D eigenvalue weighted by molar-refractivity contribution is 7.98. The number of guanidine groups is 1. The Morgan fingerprint density at radius 3 is 1.81 bits per heavy atom. The molecule has 0 bridgehead atoms. The van der Waals surface area contributed by atoms with Crippen LogP contribution in [0.4, 0.5) is 0 Å². The summed E-state index contributed by atoms with van der Waals surface area (Å²) in [6, 6.07) is 18.2. The number of benzene rings is 3. The molecule has 0 saturated carbocycles. The zero-order valence-corrected chi connectivity index (χ0v) is 33.3. The fourth-order valence-corrected chi connectivity index (χ4v) is 6.03. The van der Waals surface area contributed by atoms with Crippen molar-refractivity contribution >= 4 is 59.1 Å². The zero-order valence-electron chi connectivity index (χ0n) is 32.5. The molecule has 3 aromatic carbocycles. The van der Waals surface area contributed by atoms with Crippen molar-refractivity contribution in [3.8, 4) is 5.75 Å². The molecule has 18 nitrogen and oxygen atoms in total. The van der Waals surface area contributed by atoms with Crippen molar-refractivity contribution in [2.75, 3.05) is 31.6 Å². The maximum atomic E-state index is 13.7. The standard InChI is InChI=1S/C40H51N9O9S/c1-59-20-18-30(39(57)58)48-38(56)32(21-25-9-4-2-5-10-25)46-34(52)24-44-33(51)23-45-36(54)31(22-26-14-16-28(50)17-15-26)49-37(55)29(13-8-19-43-40(41)42)47-35(53)27-11-6-3-7-12-27/h2-7,9-12,14-17,29-32,50H,8,13,18-24H2,1H3,(H,44,51)(H,45,54)(H,46,52)(H,47,53)(H,48,56)(H,49,55)(H,57,58)(H4,41,42,43). The van der Waals surface area contributed by atoms with Crippen molar-refractivity contribution < 1.29 is 43.8 Å². The van der Waals surface area contributed by atoms with Crippen LogP contribution in [0.5, 0.6) is 5.75 Å². The topological polar surface area (TPSA) is 297 Å². The van der Waals surface area contributed by atoms with Crippen LogP contribution in [0.2, 0.25) is 0 Å². The van der Waals surface area contributed by atoms with Gasteiger partial charge in [-0.2, -0.15) is 11.8 Å². The minimum absolute atomic E-state index is 0.0217. The molecule has 19 heteroatoms. The van der Waals surface area contributed by atoms with E-state index in [1.54, 1.807) is 79.1 Å². The molecule has 316 valence electrons. The third-order valence-electron chi connectivity index (χ3n) is 8.64. The van der Waals surface area contributed by atoms with Crippen LogP contribution >= 0.6 is 11.8 Å². The number of rotatable bonds is 24. The summed E-state index contributed by atoms with van der Waals surface area (Å²) in [6.45, 7) is -1.02. The number of carboxylic acids is 1. The molecule has 0 fully saturated rings. The van der Waals surface area contributed by atoms with Gasteiger partial charge in [0.2, 0.25) is 29.5 Å². The number of phenolic OH excluding ortho intramolecular Hbond substituents is 1. The number of hydrogen-bond acceptors (Lipinski definition) is 10. The second-order valence-electron chi connectivity index (χ2n) is 13.3. The molecular formula is C40H51N9O9S. The van der Waals surface area contributed by atoms with Crippen LogP contribution in [0.25, 0.3) is 0 Å². The SMILES string of the molecule is CSCCC(NC(=O)C(Cc1ccccc1)NC(=O)CNC(=O)CNC(=O)C(Cc1ccc(O)cc1)NC(=O)C(CCCN=C(N)N)NC(=O)c1ccccc1)C(=O)O. The van der Waals surface area contributed by atoms with Gasteiger partial charge in [-0.1, -0.05) is 60.7 Å². The summed E-state index contributed by atoms with van der Waals surface area (Å²) in [5.74, 6) is -5.15. The molecule has 4 atom stereocenters. The molecule has 3 aromatic rings. The van der Waals surface area contributed by atoms with Crippen molar-refractivity contribution in [1.29, 1.82) is 0 Å². The first kappa shape index (κ1) is 46.8. The van der Waals surface area contributed by atoms with Crippen LogP contribution < -0.4 is 43.4 Å². The summed E-state index contributed by atoms with van der Waals surface area (Å²) in [6.07, 6.45) is 2.35. The molecule has 0 aliphatic carbocycles. The second-order valence-corrected chi connectivity index (χ2v) is 14.2. The largest absolute Gasteiger partial charge is 0.508 e. The van der Waals surface area contributed by atoms with E-state index >= 15 is 0 Å². The van der Waals surface area contributed by atoms with Gasteiger partial charge in [-0.25, -0.2) is 4.79 Å². The number of thioether (sulfide) groups is 1. The number of hydrogen-bond donors (Lipinski definition) is 10. The Kier molecular flexibility index (Phi) is 19.7. The van der Waals surface area contributed by atoms with E-state index in [1.807, 2.05) is 0 Å². The second kappa shape index (κ2) is 24.9. The highest BCUT2D eigenvalue weighted by atomic mass is 32.2. The predicted octanol–water partition coefficient (Wildman–Crippen LogP) is -0.446. The molecule has 0 radical (unpaired) electrons. The van der Waals surface area contributed by atoms with Crippen molar-refractivity contribution in [1.82, 2.24) is 31.9 Å². The van der Waals surface area contributed by atoms with Gasteiger partial charge in [-0.15, -0.1) is 0 Å². The van der Waals surface area contributed by atoms with Gasteiger partial charge in [0.1, 0.15) is 29.9 Å². The molecule has 0 aromatic heterocycles. The van der Waals surface area contributed by atoms with Crippen molar-refractivity contribution in [3.05, 3.63) is 102 Å². The number of phenols is 1. The van der Waals surface area contributed by atoms with Gasteiger partial charge in [0.25, 0.3) is 5.91 Å². The van der Waals surface area contributed by atoms with E-state index in [-0.39, 0.29) is 43.9 Å². The van der Waals surface area contributed by atoms with Gasteiger partial charge in [-0.05, 0) is 66.7 Å². The Balaban J connectivity index is 1.67. The lowest BCUT2D eigenvalue weighted by atomic mass is 10.0. The average Bonchev–Trinajstić information content (AvgIpc) is 3.22. The lowest BCUT2D eigenvalue weighted by Crippen LogP contribution is -2.55. The third-order valence-corrected chi connectivity index (χ3v) is 9.29. The normalized spacial score (nSPS) is 12.6. The Morgan fingerprint density at radius 1 is 0.644 bits per heavy atom. The van der Waals surface area contributed by atoms with E-state index in [0.29, 0.717) is 28.9 Å². The molecule has 0 heterocycles. The number of nitrogens with zero attached hydrogens (tertiary/aromatic N) is 1. The number of carbonyl (C=O) groups is 7. The summed E-state index contributed by atoms with van der Waals surface area (Å²) in [7, 11) is 0. The van der Waals surface area contributed by atoms with Gasteiger partial charge < -0.3 is 53.6 Å². The molecule has 0 spiro atoms. The van der Waals surface area contributed by atoms with E-state index in [2.05, 4.69) is 36.9 Å². The van der Waals surface area contributed by atoms with E-state index < -0.39 is 78.7 Å². The molecule has 3 rings (SSSR count). The van der Waals surface area contributed by atoms with Gasteiger partial charge in [0, 0.05) is 24.9 Å². The van der Waals surface area contributed by atoms with Gasteiger partial charge >= 0.3 is 5.97 Å². The number of aliphatic carboxylic acids is 1. The Hall–Kier alpha value is -6.63. The number of aliphatic imine (C=N–C) groups is 1. The molecule has 0 saturated heterocycles. The van der Waals surface area contributed by atoms with Crippen LogP contribution in [0.15, 0.2) is 89.9 Å². The quantitative estimate of drug-likeness (QED) is 0.0312. The predicted molar refractivity (Wildman–Crippen MR) is 222 cm³/mol. The van der Waals surface area contributed by atoms with Crippen molar-refractivity contribution in [3.63, 3.8) is 0 Å². The summed E-state index contributed by atoms with van der Waals surface area (Å²) in [5, 5.41) is 34.6. The molecule has 0 aliphatic heterocycles. The average molecular weight is 834 g/mol. The van der Waals surface area contributed by atoms with Crippen LogP contribution in [0.3, 0.4) is 0 Å². The van der Waals surface area contributed by atoms with E-state index in [4.69, 9.17) is 11.5 Å². The van der Waals surface area contributed by atoms with E-state index in [0.717, 1.165) is 0 Å². The summed E-state index contributed by atoms with van der Waals surface area (Å²) in [5.41, 5.74) is 12.4. The van der Waals surface area contributed by atoms with E-state index in [1.165, 1.54) is 23.9 Å². The monoisotopic (exact) mass is 833 g/mol. The molecule has 4 unspecified atom stereocenters. The lowest BCUT2D eigenvalue weighted by molar-refractivity contribution is -0.142. The van der Waals surface area contributed by atoms with Gasteiger partial charge in [-0.3, -0.25) is 33.8 Å². The van der Waals surface area contributed by atoms with Gasteiger partial charge in [0.05, 0.1) is 13.1 Å². The first-order valence-electron chi connectivity index (χ1n) is 18.6. The zero-order chi connectivity index (χ0) is 43.2. The first-order chi connectivity index (χ1) is 28.2. The molecule has 6 amide bonds. The summed E-state index contributed by atoms with van der Waals surface area (Å²) >= 11 is 1.42. The fraction of sp³-hybridized carbons (Fsp3) is 0.350. The number of nitrogens with two attached hydrogens (primary N) is 2. The number of amides is 6. The minimum atomic E-state index is -1.26. The Labute approximate surface area is 345 Å². The Bertz CT molecular complexity index is 1900. The van der Waals surface area contributed by atoms with Crippen molar-refractivity contribution in [2.24, 2.45) is 16.5 Å². The van der Waals surface area contributed by atoms with Crippen molar-refractivity contribution in [2.45, 2.75) is 56.3 Å². The molecule has 0 aliphatic rings. The first-order valence-corrected chi connectivity index (χ1v) is 20.0. The van der Waals surface area contributed by atoms with Crippen LogP contribution in [0.1, 0.15) is 40.7 Å². The summed E-state index contributed by atoms with van der Waals surface area (Å²) < 4.78 is 0. The minimum Gasteiger partial charge on any atom is -0.508 e. The number of carbonyl (C=O) groups excluding carboxylic acids is 6. The fourth-order valence-electron chi connectivity index (χ4n) is 5.55. The summed E-state index contributed by atoms with van der Waals surface area (Å²) in [4.78, 5) is 95.0. The number of carboxylic acid groups (broad SMARTS) is 1. The molecule has 12 N–H and O–H groups in total. The van der Waals surface area contributed by atoms with Gasteiger partial charge in [0.15, 0.2) is 5.96 Å². The smallest absolute Gasteiger partial charge is 0.326 e. The van der Waals surface area contributed by atoms with Crippen LogP contribution in [-0.2, 0) is 41.6 Å². The highest BCUT2D eigenvalue weighted by Crippen LogP contribution is 2.13.